The number of ketones is 1. The van der Waals surface area contributed by atoms with Gasteiger partial charge in [0.2, 0.25) is 0 Å². The second-order valence-electron chi connectivity index (χ2n) is 4.41. The quantitative estimate of drug-likeness (QED) is 0.780. The molecule has 0 spiro atoms. The highest BCUT2D eigenvalue weighted by Gasteiger charge is 2.01. The number of benzene rings is 2. The summed E-state index contributed by atoms with van der Waals surface area (Å²) in [6, 6.07) is 16.3. The van der Waals surface area contributed by atoms with Gasteiger partial charge in [0.05, 0.1) is 0 Å². The van der Waals surface area contributed by atoms with E-state index in [-0.39, 0.29) is 5.78 Å². The lowest BCUT2D eigenvalue weighted by Gasteiger charge is -2.05. The molecular weight excluding hydrogens is 220 g/mol. The first-order valence-corrected chi connectivity index (χ1v) is 6.00. The molecule has 0 amide bonds. The molecule has 0 bridgehead atoms. The van der Waals surface area contributed by atoms with Crippen LogP contribution in [0, 0.1) is 0 Å². The van der Waals surface area contributed by atoms with Crippen molar-refractivity contribution in [1.29, 1.82) is 0 Å². The van der Waals surface area contributed by atoms with Gasteiger partial charge >= 0.3 is 0 Å². The number of hydrogen-bond acceptors (Lipinski definition) is 1. The molecule has 0 fully saturated rings. The molecule has 0 heterocycles. The average molecular weight is 236 g/mol. The SMILES string of the molecule is C=Cc1ccc(-c2cccc(CC(C)=O)c2)cc1. The van der Waals surface area contributed by atoms with Gasteiger partial charge in [-0.3, -0.25) is 4.79 Å². The smallest absolute Gasteiger partial charge is 0.134 e. The van der Waals surface area contributed by atoms with E-state index in [4.69, 9.17) is 0 Å². The average Bonchev–Trinajstić information content (AvgIpc) is 2.38. The van der Waals surface area contributed by atoms with Gasteiger partial charge in [0.15, 0.2) is 0 Å². The van der Waals surface area contributed by atoms with Crippen molar-refractivity contribution < 1.29 is 4.79 Å². The minimum Gasteiger partial charge on any atom is -0.300 e. The van der Waals surface area contributed by atoms with Crippen LogP contribution in [-0.2, 0) is 11.2 Å². The molecule has 0 radical (unpaired) electrons. The van der Waals surface area contributed by atoms with Crippen LogP contribution in [0.3, 0.4) is 0 Å². The maximum Gasteiger partial charge on any atom is 0.134 e. The van der Waals surface area contributed by atoms with E-state index in [0.717, 1.165) is 22.3 Å². The van der Waals surface area contributed by atoms with E-state index in [0.29, 0.717) is 6.42 Å². The standard InChI is InChI=1S/C17H16O/c1-3-14-7-9-16(10-8-14)17-6-4-5-15(12-17)11-13(2)18/h3-10,12H,1,11H2,2H3. The predicted octanol–water partition coefficient (Wildman–Crippen LogP) is 4.13. The summed E-state index contributed by atoms with van der Waals surface area (Å²) in [6.45, 7) is 5.36. The molecular formula is C17H16O. The van der Waals surface area contributed by atoms with Crippen LogP contribution in [0.5, 0.6) is 0 Å². The van der Waals surface area contributed by atoms with Crippen molar-refractivity contribution in [2.75, 3.05) is 0 Å². The predicted molar refractivity (Wildman–Crippen MR) is 76.4 cm³/mol. The summed E-state index contributed by atoms with van der Waals surface area (Å²) in [7, 11) is 0. The fraction of sp³-hybridized carbons (Fsp3) is 0.118. The van der Waals surface area contributed by atoms with E-state index in [1.54, 1.807) is 6.92 Å². The Balaban J connectivity index is 2.31. The highest BCUT2D eigenvalue weighted by atomic mass is 16.1. The van der Waals surface area contributed by atoms with Gasteiger partial charge in [0, 0.05) is 6.42 Å². The monoisotopic (exact) mass is 236 g/mol. The van der Waals surface area contributed by atoms with Crippen LogP contribution < -0.4 is 0 Å². The van der Waals surface area contributed by atoms with Gasteiger partial charge in [-0.25, -0.2) is 0 Å². The molecule has 18 heavy (non-hydrogen) atoms. The van der Waals surface area contributed by atoms with Crippen LogP contribution in [0.4, 0.5) is 0 Å². The van der Waals surface area contributed by atoms with Crippen molar-refractivity contribution in [2.45, 2.75) is 13.3 Å². The summed E-state index contributed by atoms with van der Waals surface area (Å²) in [5.74, 6) is 0.189. The number of Topliss-reactive ketones (excluding diaryl/α,β-unsaturated/α-hetero) is 1. The summed E-state index contributed by atoms with van der Waals surface area (Å²) in [5.41, 5.74) is 4.47. The first kappa shape index (κ1) is 12.3. The molecule has 1 nitrogen and oxygen atoms in total. The van der Waals surface area contributed by atoms with E-state index in [1.807, 2.05) is 30.3 Å². The summed E-state index contributed by atoms with van der Waals surface area (Å²) in [4.78, 5) is 11.1. The first-order valence-electron chi connectivity index (χ1n) is 6.00. The van der Waals surface area contributed by atoms with Crippen LogP contribution in [-0.4, -0.2) is 5.78 Å². The van der Waals surface area contributed by atoms with Crippen LogP contribution in [0.2, 0.25) is 0 Å². The third-order valence-electron chi connectivity index (χ3n) is 2.86. The molecule has 0 atom stereocenters. The third-order valence-corrected chi connectivity index (χ3v) is 2.86. The molecule has 0 aliphatic heterocycles. The minimum absolute atomic E-state index is 0.189. The molecule has 0 aliphatic rings. The number of carbonyl (C=O) groups excluding carboxylic acids is 1. The molecule has 1 heteroatoms. The summed E-state index contributed by atoms with van der Waals surface area (Å²) in [5, 5.41) is 0. The molecule has 0 aromatic heterocycles. The highest BCUT2D eigenvalue weighted by Crippen LogP contribution is 2.21. The Bertz CT molecular complexity index is 564. The van der Waals surface area contributed by atoms with Crippen molar-refractivity contribution in [3.63, 3.8) is 0 Å². The van der Waals surface area contributed by atoms with E-state index < -0.39 is 0 Å². The van der Waals surface area contributed by atoms with E-state index in [1.165, 1.54) is 0 Å². The van der Waals surface area contributed by atoms with Crippen molar-refractivity contribution in [3.8, 4) is 11.1 Å². The van der Waals surface area contributed by atoms with E-state index in [2.05, 4.69) is 30.8 Å². The van der Waals surface area contributed by atoms with Gasteiger partial charge in [-0.2, -0.15) is 0 Å². The lowest BCUT2D eigenvalue weighted by atomic mass is 10.00. The molecule has 0 saturated carbocycles. The van der Waals surface area contributed by atoms with Crippen molar-refractivity contribution in [3.05, 3.63) is 66.2 Å². The number of hydrogen-bond donors (Lipinski definition) is 0. The van der Waals surface area contributed by atoms with Crippen LogP contribution in [0.15, 0.2) is 55.1 Å². The zero-order valence-electron chi connectivity index (χ0n) is 10.5. The van der Waals surface area contributed by atoms with Gasteiger partial charge in [-0.05, 0) is 29.2 Å². The molecule has 2 aromatic rings. The number of rotatable bonds is 4. The van der Waals surface area contributed by atoms with Gasteiger partial charge in [-0.1, -0.05) is 61.2 Å². The third kappa shape index (κ3) is 2.95. The Morgan fingerprint density at radius 2 is 1.83 bits per heavy atom. The lowest BCUT2D eigenvalue weighted by molar-refractivity contribution is -0.116. The Labute approximate surface area is 108 Å². The van der Waals surface area contributed by atoms with Gasteiger partial charge in [0.25, 0.3) is 0 Å². The molecule has 0 N–H and O–H groups in total. The van der Waals surface area contributed by atoms with Crippen molar-refractivity contribution in [1.82, 2.24) is 0 Å². The second-order valence-corrected chi connectivity index (χ2v) is 4.41. The largest absolute Gasteiger partial charge is 0.300 e. The lowest BCUT2D eigenvalue weighted by Crippen LogP contribution is -1.96. The zero-order valence-corrected chi connectivity index (χ0v) is 10.5. The summed E-state index contributed by atoms with van der Waals surface area (Å²) in [6.07, 6.45) is 2.33. The van der Waals surface area contributed by atoms with Crippen LogP contribution >= 0.6 is 0 Å². The molecule has 90 valence electrons. The van der Waals surface area contributed by atoms with Gasteiger partial charge < -0.3 is 0 Å². The number of carbonyl (C=O) groups is 1. The zero-order chi connectivity index (χ0) is 13.0. The molecule has 0 aliphatic carbocycles. The second kappa shape index (κ2) is 5.46. The van der Waals surface area contributed by atoms with Crippen molar-refractivity contribution in [2.24, 2.45) is 0 Å². The Morgan fingerprint density at radius 1 is 1.11 bits per heavy atom. The molecule has 2 aromatic carbocycles. The van der Waals surface area contributed by atoms with Crippen molar-refractivity contribution >= 4 is 11.9 Å². The Morgan fingerprint density at radius 3 is 2.44 bits per heavy atom. The van der Waals surface area contributed by atoms with E-state index in [9.17, 15) is 4.79 Å². The molecule has 0 unspecified atom stereocenters. The maximum atomic E-state index is 11.1. The fourth-order valence-corrected chi connectivity index (χ4v) is 1.96. The van der Waals surface area contributed by atoms with Gasteiger partial charge in [-0.15, -0.1) is 0 Å². The maximum absolute atomic E-state index is 11.1. The van der Waals surface area contributed by atoms with Crippen LogP contribution in [0.1, 0.15) is 18.1 Å². The summed E-state index contributed by atoms with van der Waals surface area (Å²) >= 11 is 0. The summed E-state index contributed by atoms with van der Waals surface area (Å²) < 4.78 is 0. The Kier molecular flexibility index (Phi) is 3.73. The Hall–Kier alpha value is -2.15. The topological polar surface area (TPSA) is 17.1 Å². The highest BCUT2D eigenvalue weighted by molar-refractivity contribution is 5.79. The van der Waals surface area contributed by atoms with Crippen LogP contribution in [0.25, 0.3) is 17.2 Å². The normalized spacial score (nSPS) is 10.1. The first-order chi connectivity index (χ1) is 8.69. The fourth-order valence-electron chi connectivity index (χ4n) is 1.96. The molecule has 2 rings (SSSR count). The van der Waals surface area contributed by atoms with E-state index >= 15 is 0 Å². The molecule has 0 saturated heterocycles. The minimum atomic E-state index is 0.189. The van der Waals surface area contributed by atoms with Gasteiger partial charge in [0.1, 0.15) is 5.78 Å².